The smallest absolute Gasteiger partial charge is 0.244 e. The van der Waals surface area contributed by atoms with Crippen LogP contribution < -0.4 is 4.90 Å². The van der Waals surface area contributed by atoms with Crippen molar-refractivity contribution in [1.82, 2.24) is 4.31 Å². The van der Waals surface area contributed by atoms with E-state index in [0.29, 0.717) is 18.0 Å². The van der Waals surface area contributed by atoms with Gasteiger partial charge in [-0.3, -0.25) is 0 Å². The monoisotopic (exact) mass is 430 g/mol. The summed E-state index contributed by atoms with van der Waals surface area (Å²) in [5.41, 5.74) is 2.90. The fraction of sp³-hybridized carbons (Fsp3) is 0.154. The number of sulfonamides is 1. The lowest BCUT2D eigenvalue weighted by Crippen LogP contribution is -2.30. The van der Waals surface area contributed by atoms with E-state index < -0.39 is 10.0 Å². The van der Waals surface area contributed by atoms with Crippen molar-refractivity contribution < 1.29 is 8.42 Å². The third kappa shape index (κ3) is 4.48. The summed E-state index contributed by atoms with van der Waals surface area (Å²) in [5.74, 6) is 0. The van der Waals surface area contributed by atoms with Gasteiger partial charge in [0.25, 0.3) is 0 Å². The third-order valence-electron chi connectivity index (χ3n) is 5.36. The summed E-state index contributed by atoms with van der Waals surface area (Å²) in [7, 11) is 0.179. The predicted octanol–water partition coefficient (Wildman–Crippen LogP) is 5.30. The van der Waals surface area contributed by atoms with Gasteiger partial charge in [-0.25, -0.2) is 8.42 Å². The Kier molecular flexibility index (Phi) is 6.07. The van der Waals surface area contributed by atoms with Crippen molar-refractivity contribution in [3.8, 4) is 0 Å². The van der Waals surface area contributed by atoms with Gasteiger partial charge in [-0.15, -0.1) is 0 Å². The molecule has 4 aromatic carbocycles. The average molecular weight is 431 g/mol. The number of rotatable bonds is 7. The Balaban J connectivity index is 1.83. The molecule has 0 bridgehead atoms. The van der Waals surface area contributed by atoms with Gasteiger partial charge >= 0.3 is 0 Å². The average Bonchev–Trinajstić information content (AvgIpc) is 2.79. The molecule has 0 aliphatic carbocycles. The van der Waals surface area contributed by atoms with Crippen molar-refractivity contribution in [3.05, 3.63) is 108 Å². The zero-order valence-corrected chi connectivity index (χ0v) is 18.6. The Morgan fingerprint density at radius 3 is 1.68 bits per heavy atom. The highest BCUT2D eigenvalue weighted by molar-refractivity contribution is 7.89. The summed E-state index contributed by atoms with van der Waals surface area (Å²) in [5, 5.41) is 1.66. The molecule has 0 heterocycles. The number of anilines is 1. The summed E-state index contributed by atoms with van der Waals surface area (Å²) in [6.45, 7) is 0.615. The topological polar surface area (TPSA) is 40.6 Å². The van der Waals surface area contributed by atoms with Crippen LogP contribution in [0.4, 0.5) is 5.69 Å². The first-order valence-corrected chi connectivity index (χ1v) is 11.7. The predicted molar refractivity (Wildman–Crippen MR) is 128 cm³/mol. The molecule has 31 heavy (non-hydrogen) atoms. The highest BCUT2D eigenvalue weighted by Crippen LogP contribution is 2.32. The van der Waals surface area contributed by atoms with Crippen LogP contribution in [-0.4, -0.2) is 26.8 Å². The van der Waals surface area contributed by atoms with E-state index in [9.17, 15) is 8.42 Å². The van der Waals surface area contributed by atoms with E-state index in [0.717, 1.165) is 27.6 Å². The second kappa shape index (κ2) is 8.92. The van der Waals surface area contributed by atoms with Crippen molar-refractivity contribution >= 4 is 26.5 Å². The van der Waals surface area contributed by atoms with Crippen LogP contribution in [0.1, 0.15) is 11.1 Å². The Morgan fingerprint density at radius 2 is 1.13 bits per heavy atom. The molecule has 0 atom stereocenters. The van der Waals surface area contributed by atoms with E-state index >= 15 is 0 Å². The lowest BCUT2D eigenvalue weighted by atomic mass is 10.1. The third-order valence-corrected chi connectivity index (χ3v) is 7.21. The Morgan fingerprint density at radius 1 is 0.613 bits per heavy atom. The summed E-state index contributed by atoms with van der Waals surface area (Å²) in [6, 6.07) is 30.8. The van der Waals surface area contributed by atoms with Crippen molar-refractivity contribution in [2.45, 2.75) is 18.0 Å². The van der Waals surface area contributed by atoms with Crippen LogP contribution in [0.15, 0.2) is 102 Å². The van der Waals surface area contributed by atoms with E-state index in [-0.39, 0.29) is 0 Å². The quantitative estimate of drug-likeness (QED) is 0.400. The number of fused-ring (bicyclic) bond motifs is 1. The zero-order valence-electron chi connectivity index (χ0n) is 17.8. The molecule has 4 rings (SSSR count). The maximum atomic E-state index is 13.9. The minimum Gasteiger partial charge on any atom is -0.377 e. The molecule has 4 aromatic rings. The van der Waals surface area contributed by atoms with Gasteiger partial charge in [0, 0.05) is 43.6 Å². The number of benzene rings is 4. The first-order chi connectivity index (χ1) is 15.0. The summed E-state index contributed by atoms with van der Waals surface area (Å²) in [4.78, 5) is 2.34. The van der Waals surface area contributed by atoms with Gasteiger partial charge in [0.2, 0.25) is 10.0 Å². The van der Waals surface area contributed by atoms with Gasteiger partial charge in [-0.2, -0.15) is 4.31 Å². The molecular formula is C26H26N2O2S. The van der Waals surface area contributed by atoms with Gasteiger partial charge in [0.05, 0.1) is 4.90 Å². The van der Waals surface area contributed by atoms with Crippen LogP contribution in [0.3, 0.4) is 0 Å². The molecule has 0 spiro atoms. The number of nitrogens with zero attached hydrogens (tertiary/aromatic N) is 2. The van der Waals surface area contributed by atoms with Crippen LogP contribution in [-0.2, 0) is 23.1 Å². The van der Waals surface area contributed by atoms with E-state index in [1.165, 1.54) is 0 Å². The number of hydrogen-bond acceptors (Lipinski definition) is 3. The van der Waals surface area contributed by atoms with Gasteiger partial charge in [0.1, 0.15) is 0 Å². The SMILES string of the molecule is CN(C)c1cccc2c(S(=O)(=O)N(Cc3ccccc3)Cc3ccccc3)cccc12. The highest BCUT2D eigenvalue weighted by atomic mass is 32.2. The second-order valence-corrected chi connectivity index (χ2v) is 9.67. The summed E-state index contributed by atoms with van der Waals surface area (Å²) < 4.78 is 29.5. The normalized spacial score (nSPS) is 11.7. The highest BCUT2D eigenvalue weighted by Gasteiger charge is 2.27. The number of hydrogen-bond donors (Lipinski definition) is 0. The molecule has 5 heteroatoms. The fourth-order valence-corrected chi connectivity index (χ4v) is 5.44. The Labute approximate surface area is 184 Å². The standard InChI is InChI=1S/C26H26N2O2S/c1-27(2)25-17-9-16-24-23(25)15-10-18-26(24)31(29,30)28(19-21-11-5-3-6-12-21)20-22-13-7-4-8-14-22/h3-18H,19-20H2,1-2H3. The van der Waals surface area contributed by atoms with Crippen LogP contribution in [0.2, 0.25) is 0 Å². The molecular weight excluding hydrogens is 404 g/mol. The van der Waals surface area contributed by atoms with Crippen molar-refractivity contribution in [1.29, 1.82) is 0 Å². The largest absolute Gasteiger partial charge is 0.377 e. The van der Waals surface area contributed by atoms with Crippen molar-refractivity contribution in [2.75, 3.05) is 19.0 Å². The van der Waals surface area contributed by atoms with Gasteiger partial charge in [-0.1, -0.05) is 84.9 Å². The summed E-state index contributed by atoms with van der Waals surface area (Å²) in [6.07, 6.45) is 0. The molecule has 0 fully saturated rings. The lowest BCUT2D eigenvalue weighted by molar-refractivity contribution is 0.401. The Bertz CT molecular complexity index is 1230. The molecule has 0 aliphatic rings. The maximum absolute atomic E-state index is 13.9. The fourth-order valence-electron chi connectivity index (χ4n) is 3.82. The maximum Gasteiger partial charge on any atom is 0.244 e. The van der Waals surface area contributed by atoms with Crippen LogP contribution in [0.25, 0.3) is 10.8 Å². The molecule has 0 unspecified atom stereocenters. The first kappa shape index (κ1) is 21.1. The van der Waals surface area contributed by atoms with E-state index in [1.807, 2.05) is 110 Å². The van der Waals surface area contributed by atoms with Crippen LogP contribution in [0.5, 0.6) is 0 Å². The molecule has 0 amide bonds. The van der Waals surface area contributed by atoms with Crippen molar-refractivity contribution in [3.63, 3.8) is 0 Å². The van der Waals surface area contributed by atoms with Crippen LogP contribution in [0, 0.1) is 0 Å². The Hall–Kier alpha value is -3.15. The second-order valence-electron chi connectivity index (χ2n) is 7.77. The van der Waals surface area contributed by atoms with E-state index in [2.05, 4.69) is 0 Å². The van der Waals surface area contributed by atoms with E-state index in [4.69, 9.17) is 0 Å². The molecule has 0 saturated carbocycles. The van der Waals surface area contributed by atoms with Gasteiger partial charge in [0.15, 0.2) is 0 Å². The van der Waals surface area contributed by atoms with Gasteiger partial charge < -0.3 is 4.90 Å². The lowest BCUT2D eigenvalue weighted by Gasteiger charge is -2.24. The van der Waals surface area contributed by atoms with Crippen LogP contribution >= 0.6 is 0 Å². The molecule has 0 radical (unpaired) electrons. The van der Waals surface area contributed by atoms with E-state index in [1.54, 1.807) is 10.4 Å². The summed E-state index contributed by atoms with van der Waals surface area (Å²) >= 11 is 0. The molecule has 0 N–H and O–H groups in total. The minimum atomic E-state index is -3.75. The molecule has 0 aromatic heterocycles. The molecule has 158 valence electrons. The first-order valence-electron chi connectivity index (χ1n) is 10.2. The van der Waals surface area contributed by atoms with Crippen molar-refractivity contribution in [2.24, 2.45) is 0 Å². The minimum absolute atomic E-state index is 0.307. The molecule has 0 aliphatic heterocycles. The zero-order chi connectivity index (χ0) is 21.8. The molecule has 0 saturated heterocycles. The molecule has 4 nitrogen and oxygen atoms in total. The van der Waals surface area contributed by atoms with Gasteiger partial charge in [-0.05, 0) is 23.3 Å².